The molecular weight excluding hydrogens is 262 g/mol. The summed E-state index contributed by atoms with van der Waals surface area (Å²) in [7, 11) is 0. The third-order valence-electron chi connectivity index (χ3n) is 3.67. The summed E-state index contributed by atoms with van der Waals surface area (Å²) >= 11 is 0. The second kappa shape index (κ2) is 6.00. The maximum Gasteiger partial charge on any atom is 0.328 e. The first-order valence-corrected chi connectivity index (χ1v) is 7.10. The smallest absolute Gasteiger partial charge is 0.328 e. The van der Waals surface area contributed by atoms with Crippen LogP contribution in [0.15, 0.2) is 36.4 Å². The topological polar surface area (TPSA) is 42.2 Å². The van der Waals surface area contributed by atoms with Crippen LogP contribution in [0, 0.1) is 13.8 Å². The molecule has 0 saturated heterocycles. The highest BCUT2D eigenvalue weighted by molar-refractivity contribution is 5.85. The summed E-state index contributed by atoms with van der Waals surface area (Å²) in [5, 5.41) is 8.76. The van der Waals surface area contributed by atoms with Gasteiger partial charge in [0.1, 0.15) is 0 Å². The van der Waals surface area contributed by atoms with E-state index in [-0.39, 0.29) is 0 Å². The molecule has 0 aliphatic rings. The number of aryl methyl sites for hydroxylation is 1. The number of carbonyl (C=O) groups is 1. The first-order valence-electron chi connectivity index (χ1n) is 7.10. The van der Waals surface area contributed by atoms with E-state index in [1.807, 2.05) is 19.9 Å². The lowest BCUT2D eigenvalue weighted by molar-refractivity contribution is -0.131. The summed E-state index contributed by atoms with van der Waals surface area (Å²) in [5.41, 5.74) is 5.49. The molecule has 0 atom stereocenters. The van der Waals surface area contributed by atoms with Crippen LogP contribution in [0.1, 0.15) is 42.3 Å². The van der Waals surface area contributed by atoms with Crippen molar-refractivity contribution in [2.75, 3.05) is 0 Å². The van der Waals surface area contributed by atoms with E-state index >= 15 is 0 Å². The van der Waals surface area contributed by atoms with Crippen LogP contribution in [-0.2, 0) is 4.79 Å². The molecule has 0 aliphatic carbocycles. The quantitative estimate of drug-likeness (QED) is 0.849. The lowest BCUT2D eigenvalue weighted by Gasteiger charge is -2.13. The maximum absolute atomic E-state index is 10.7. The summed E-state index contributed by atoms with van der Waals surface area (Å²) in [5.74, 6) is -0.450. The predicted molar refractivity (Wildman–Crippen MR) is 86.0 cm³/mol. The molecule has 110 valence electrons. The molecule has 2 rings (SSSR count). The van der Waals surface area contributed by atoms with Crippen LogP contribution in [0.3, 0.4) is 0 Å². The molecule has 0 spiro atoms. The molecule has 1 heterocycles. The van der Waals surface area contributed by atoms with Gasteiger partial charge in [-0.05, 0) is 55.2 Å². The van der Waals surface area contributed by atoms with E-state index in [1.165, 1.54) is 11.6 Å². The highest BCUT2D eigenvalue weighted by Crippen LogP contribution is 2.24. The number of hydrogen-bond donors (Lipinski definition) is 1. The van der Waals surface area contributed by atoms with Crippen molar-refractivity contribution in [3.63, 3.8) is 0 Å². The minimum Gasteiger partial charge on any atom is -0.478 e. The van der Waals surface area contributed by atoms with Crippen molar-refractivity contribution in [3.8, 4) is 5.69 Å². The average Bonchev–Trinajstić information content (AvgIpc) is 2.71. The Kier molecular flexibility index (Phi) is 4.32. The number of benzene rings is 1. The Hall–Kier alpha value is -2.29. The second-order valence-corrected chi connectivity index (χ2v) is 5.58. The first-order chi connectivity index (χ1) is 9.90. The third kappa shape index (κ3) is 3.24. The second-order valence-electron chi connectivity index (χ2n) is 5.58. The standard InChI is InChI=1S/C18H21NO2/c1-12(2)15-6-5-7-17(11-15)19-13(3)10-16(14(19)4)8-9-18(20)21/h5-12H,1-4H3,(H,20,21). The summed E-state index contributed by atoms with van der Waals surface area (Å²) in [6.45, 7) is 8.40. The van der Waals surface area contributed by atoms with Crippen LogP contribution >= 0.6 is 0 Å². The predicted octanol–water partition coefficient (Wildman–Crippen LogP) is 4.32. The Morgan fingerprint density at radius 1 is 1.24 bits per heavy atom. The van der Waals surface area contributed by atoms with Gasteiger partial charge in [-0.1, -0.05) is 26.0 Å². The summed E-state index contributed by atoms with van der Waals surface area (Å²) < 4.78 is 2.16. The van der Waals surface area contributed by atoms with Gasteiger partial charge >= 0.3 is 5.97 Å². The third-order valence-corrected chi connectivity index (χ3v) is 3.67. The first kappa shape index (κ1) is 15.1. The lowest BCUT2D eigenvalue weighted by atomic mass is 10.0. The van der Waals surface area contributed by atoms with Crippen LogP contribution in [0.25, 0.3) is 11.8 Å². The average molecular weight is 283 g/mol. The number of carboxylic acid groups (broad SMARTS) is 1. The summed E-state index contributed by atoms with van der Waals surface area (Å²) in [6.07, 6.45) is 2.82. The van der Waals surface area contributed by atoms with Crippen molar-refractivity contribution in [2.45, 2.75) is 33.6 Å². The molecule has 1 aromatic heterocycles. The molecule has 0 unspecified atom stereocenters. The van der Waals surface area contributed by atoms with Gasteiger partial charge in [0.25, 0.3) is 0 Å². The van der Waals surface area contributed by atoms with Crippen LogP contribution in [0.4, 0.5) is 0 Å². The van der Waals surface area contributed by atoms with E-state index in [4.69, 9.17) is 5.11 Å². The van der Waals surface area contributed by atoms with Crippen molar-refractivity contribution in [2.24, 2.45) is 0 Å². The Morgan fingerprint density at radius 2 is 1.95 bits per heavy atom. The van der Waals surface area contributed by atoms with Gasteiger partial charge in [-0.3, -0.25) is 0 Å². The van der Waals surface area contributed by atoms with Crippen molar-refractivity contribution in [1.82, 2.24) is 4.57 Å². The Balaban J connectivity index is 2.50. The number of carboxylic acids is 1. The van der Waals surface area contributed by atoms with Crippen molar-refractivity contribution in [1.29, 1.82) is 0 Å². The zero-order valence-corrected chi connectivity index (χ0v) is 12.9. The number of hydrogen-bond acceptors (Lipinski definition) is 1. The number of rotatable bonds is 4. The van der Waals surface area contributed by atoms with E-state index in [9.17, 15) is 4.79 Å². The minimum atomic E-state index is -0.929. The summed E-state index contributed by atoms with van der Waals surface area (Å²) in [4.78, 5) is 10.7. The van der Waals surface area contributed by atoms with Crippen LogP contribution in [0.2, 0.25) is 0 Å². The molecule has 3 nitrogen and oxygen atoms in total. The number of aromatic nitrogens is 1. The van der Waals surface area contributed by atoms with E-state index in [1.54, 1.807) is 6.08 Å². The highest BCUT2D eigenvalue weighted by atomic mass is 16.4. The normalized spacial score (nSPS) is 11.5. The van der Waals surface area contributed by atoms with Crippen LogP contribution in [0.5, 0.6) is 0 Å². The Morgan fingerprint density at radius 3 is 2.57 bits per heavy atom. The van der Waals surface area contributed by atoms with Gasteiger partial charge in [-0.15, -0.1) is 0 Å². The molecular formula is C18H21NO2. The molecule has 1 aromatic carbocycles. The largest absolute Gasteiger partial charge is 0.478 e. The maximum atomic E-state index is 10.7. The zero-order chi connectivity index (χ0) is 15.6. The fourth-order valence-electron chi connectivity index (χ4n) is 2.54. The van der Waals surface area contributed by atoms with Crippen LogP contribution in [-0.4, -0.2) is 15.6 Å². The van der Waals surface area contributed by atoms with Gasteiger partial charge in [0.05, 0.1) is 0 Å². The fraction of sp³-hybridized carbons (Fsp3) is 0.278. The molecule has 0 aliphatic heterocycles. The number of aliphatic carboxylic acids is 1. The molecule has 0 bridgehead atoms. The zero-order valence-electron chi connectivity index (χ0n) is 12.9. The van der Waals surface area contributed by atoms with Gasteiger partial charge < -0.3 is 9.67 Å². The molecule has 0 fully saturated rings. The van der Waals surface area contributed by atoms with E-state index in [2.05, 4.69) is 42.7 Å². The van der Waals surface area contributed by atoms with Crippen molar-refractivity contribution in [3.05, 3.63) is 58.9 Å². The number of nitrogens with zero attached hydrogens (tertiary/aromatic N) is 1. The van der Waals surface area contributed by atoms with E-state index in [0.717, 1.165) is 22.6 Å². The Bertz CT molecular complexity index is 693. The van der Waals surface area contributed by atoms with E-state index in [0.29, 0.717) is 5.92 Å². The van der Waals surface area contributed by atoms with Crippen molar-refractivity contribution >= 4 is 12.0 Å². The monoisotopic (exact) mass is 283 g/mol. The molecule has 0 amide bonds. The lowest BCUT2D eigenvalue weighted by Crippen LogP contribution is -2.00. The van der Waals surface area contributed by atoms with Crippen molar-refractivity contribution < 1.29 is 9.90 Å². The molecule has 0 saturated carbocycles. The van der Waals surface area contributed by atoms with Gasteiger partial charge in [-0.25, -0.2) is 4.79 Å². The van der Waals surface area contributed by atoms with E-state index < -0.39 is 5.97 Å². The molecule has 2 aromatic rings. The minimum absolute atomic E-state index is 0.479. The SMILES string of the molecule is Cc1cc(C=CC(=O)O)c(C)n1-c1cccc(C(C)C)c1. The molecule has 21 heavy (non-hydrogen) atoms. The highest BCUT2D eigenvalue weighted by Gasteiger charge is 2.10. The Labute approximate surface area is 125 Å². The molecule has 0 radical (unpaired) electrons. The molecule has 3 heteroatoms. The van der Waals surface area contributed by atoms with Gasteiger partial charge in [-0.2, -0.15) is 0 Å². The summed E-state index contributed by atoms with van der Waals surface area (Å²) in [6, 6.07) is 10.5. The van der Waals surface area contributed by atoms with Gasteiger partial charge in [0, 0.05) is 23.2 Å². The van der Waals surface area contributed by atoms with Crippen LogP contribution < -0.4 is 0 Å². The fourth-order valence-corrected chi connectivity index (χ4v) is 2.54. The molecule has 1 N–H and O–H groups in total. The van der Waals surface area contributed by atoms with Gasteiger partial charge in [0.15, 0.2) is 0 Å². The van der Waals surface area contributed by atoms with Gasteiger partial charge in [0.2, 0.25) is 0 Å².